The molecule has 154 valence electrons. The molecule has 0 aliphatic heterocycles. The van der Waals surface area contributed by atoms with Gasteiger partial charge in [-0.15, -0.1) is 10.2 Å². The zero-order valence-corrected chi connectivity index (χ0v) is 17.9. The van der Waals surface area contributed by atoms with Crippen molar-refractivity contribution in [3.8, 4) is 11.4 Å². The van der Waals surface area contributed by atoms with Crippen LogP contribution in [0.25, 0.3) is 11.3 Å². The largest absolute Gasteiger partial charge is 0.497 e. The number of thioether (sulfide) groups is 1. The molecule has 0 spiro atoms. The number of aromatic nitrogens is 5. The SMILES string of the molecule is COc1ccc(-n2c(C)nnc2SCC(=O)NCc2cn3cc(Cl)ccc3n2)cc1. The Bertz CT molecular complexity index is 1190. The van der Waals surface area contributed by atoms with E-state index in [2.05, 4.69) is 20.5 Å². The van der Waals surface area contributed by atoms with Crippen molar-refractivity contribution in [2.24, 2.45) is 0 Å². The van der Waals surface area contributed by atoms with Crippen molar-refractivity contribution in [3.63, 3.8) is 0 Å². The summed E-state index contributed by atoms with van der Waals surface area (Å²) < 4.78 is 8.94. The molecule has 0 saturated heterocycles. The third-order valence-electron chi connectivity index (χ3n) is 4.39. The second kappa shape index (κ2) is 8.76. The van der Waals surface area contributed by atoms with Gasteiger partial charge in [-0.25, -0.2) is 4.98 Å². The van der Waals surface area contributed by atoms with Gasteiger partial charge in [-0.3, -0.25) is 9.36 Å². The second-order valence-electron chi connectivity index (χ2n) is 6.47. The average molecular weight is 443 g/mol. The van der Waals surface area contributed by atoms with Crippen LogP contribution in [0.2, 0.25) is 5.02 Å². The first-order valence-electron chi connectivity index (χ1n) is 9.12. The summed E-state index contributed by atoms with van der Waals surface area (Å²) in [7, 11) is 1.63. The molecular weight excluding hydrogens is 424 g/mol. The van der Waals surface area contributed by atoms with E-state index in [9.17, 15) is 4.79 Å². The van der Waals surface area contributed by atoms with E-state index in [0.29, 0.717) is 16.7 Å². The standard InChI is InChI=1S/C20H19ClN6O2S/c1-13-24-25-20(27(13)16-4-6-17(29-2)7-5-16)30-12-19(28)22-9-15-11-26-10-14(21)3-8-18(26)23-15/h3-8,10-11H,9,12H2,1-2H3,(H,22,28). The number of hydrogen-bond donors (Lipinski definition) is 1. The van der Waals surface area contributed by atoms with Crippen molar-refractivity contribution in [2.75, 3.05) is 12.9 Å². The van der Waals surface area contributed by atoms with Crippen LogP contribution in [-0.4, -0.2) is 42.9 Å². The number of pyridine rings is 1. The summed E-state index contributed by atoms with van der Waals surface area (Å²) in [4.78, 5) is 16.8. The van der Waals surface area contributed by atoms with Crippen molar-refractivity contribution < 1.29 is 9.53 Å². The van der Waals surface area contributed by atoms with Crippen molar-refractivity contribution in [3.05, 3.63) is 65.3 Å². The number of methoxy groups -OCH3 is 1. The Morgan fingerprint density at radius 2 is 1.97 bits per heavy atom. The first kappa shape index (κ1) is 20.2. The lowest BCUT2D eigenvalue weighted by atomic mass is 10.3. The monoisotopic (exact) mass is 442 g/mol. The predicted molar refractivity (Wildman–Crippen MR) is 115 cm³/mol. The first-order chi connectivity index (χ1) is 14.5. The van der Waals surface area contributed by atoms with Gasteiger partial charge in [0.25, 0.3) is 0 Å². The summed E-state index contributed by atoms with van der Waals surface area (Å²) in [6.07, 6.45) is 3.62. The number of amides is 1. The zero-order valence-electron chi connectivity index (χ0n) is 16.4. The van der Waals surface area contributed by atoms with E-state index in [1.54, 1.807) is 19.4 Å². The molecule has 30 heavy (non-hydrogen) atoms. The number of ether oxygens (including phenoxy) is 1. The van der Waals surface area contributed by atoms with Crippen LogP contribution in [0, 0.1) is 6.92 Å². The van der Waals surface area contributed by atoms with E-state index in [4.69, 9.17) is 16.3 Å². The van der Waals surface area contributed by atoms with E-state index in [1.165, 1.54) is 11.8 Å². The molecular formula is C20H19ClN6O2S. The molecule has 10 heteroatoms. The molecule has 0 aliphatic carbocycles. The van der Waals surface area contributed by atoms with Gasteiger partial charge in [0.2, 0.25) is 5.91 Å². The summed E-state index contributed by atoms with van der Waals surface area (Å²) in [5.41, 5.74) is 2.44. The third-order valence-corrected chi connectivity index (χ3v) is 5.54. The van der Waals surface area contributed by atoms with Crippen LogP contribution < -0.4 is 10.1 Å². The highest BCUT2D eigenvalue weighted by molar-refractivity contribution is 7.99. The summed E-state index contributed by atoms with van der Waals surface area (Å²) >= 11 is 7.31. The molecule has 0 saturated carbocycles. The highest BCUT2D eigenvalue weighted by Crippen LogP contribution is 2.23. The highest BCUT2D eigenvalue weighted by Gasteiger charge is 2.14. The van der Waals surface area contributed by atoms with Gasteiger partial charge in [0, 0.05) is 18.1 Å². The van der Waals surface area contributed by atoms with Crippen molar-refractivity contribution >= 4 is 34.9 Å². The number of aryl methyl sites for hydroxylation is 1. The maximum absolute atomic E-state index is 12.3. The molecule has 3 aromatic heterocycles. The van der Waals surface area contributed by atoms with Crippen LogP contribution in [0.4, 0.5) is 0 Å². The number of rotatable bonds is 7. The molecule has 0 radical (unpaired) electrons. The van der Waals surface area contributed by atoms with Gasteiger partial charge in [-0.2, -0.15) is 0 Å². The molecule has 1 amide bonds. The topological polar surface area (TPSA) is 86.3 Å². The smallest absolute Gasteiger partial charge is 0.230 e. The third kappa shape index (κ3) is 4.42. The van der Waals surface area contributed by atoms with Gasteiger partial charge in [0.1, 0.15) is 17.2 Å². The van der Waals surface area contributed by atoms with Gasteiger partial charge in [-0.1, -0.05) is 23.4 Å². The summed E-state index contributed by atoms with van der Waals surface area (Å²) in [5, 5.41) is 12.5. The number of imidazole rings is 1. The molecule has 0 aliphatic rings. The fourth-order valence-corrected chi connectivity index (χ4v) is 3.93. The number of benzene rings is 1. The second-order valence-corrected chi connectivity index (χ2v) is 7.85. The van der Waals surface area contributed by atoms with Gasteiger partial charge in [-0.05, 0) is 43.3 Å². The van der Waals surface area contributed by atoms with E-state index < -0.39 is 0 Å². The lowest BCUT2D eigenvalue weighted by Gasteiger charge is -2.09. The molecule has 1 aromatic carbocycles. The number of carbonyl (C=O) groups is 1. The normalized spacial score (nSPS) is 11.0. The summed E-state index contributed by atoms with van der Waals surface area (Å²) in [6, 6.07) is 11.2. The molecule has 1 N–H and O–H groups in total. The Kier molecular flexibility index (Phi) is 5.91. The Hall–Kier alpha value is -3.04. The molecule has 0 bridgehead atoms. The lowest BCUT2D eigenvalue weighted by Crippen LogP contribution is -2.24. The lowest BCUT2D eigenvalue weighted by molar-refractivity contribution is -0.118. The zero-order chi connectivity index (χ0) is 21.1. The minimum Gasteiger partial charge on any atom is -0.497 e. The molecule has 4 aromatic rings. The van der Waals surface area contributed by atoms with Crippen molar-refractivity contribution in [2.45, 2.75) is 18.6 Å². The number of hydrogen-bond acceptors (Lipinski definition) is 6. The van der Waals surface area contributed by atoms with Crippen LogP contribution >= 0.6 is 23.4 Å². The first-order valence-corrected chi connectivity index (χ1v) is 10.5. The Morgan fingerprint density at radius 1 is 1.17 bits per heavy atom. The van der Waals surface area contributed by atoms with E-state index in [-0.39, 0.29) is 11.7 Å². The highest BCUT2D eigenvalue weighted by atomic mass is 35.5. The van der Waals surface area contributed by atoms with Gasteiger partial charge < -0.3 is 14.5 Å². The Labute approximate surface area is 182 Å². The maximum Gasteiger partial charge on any atom is 0.230 e. The number of fused-ring (bicyclic) bond motifs is 1. The fraction of sp³-hybridized carbons (Fsp3) is 0.200. The Balaban J connectivity index is 1.37. The van der Waals surface area contributed by atoms with Crippen LogP contribution in [0.5, 0.6) is 5.75 Å². The number of halogens is 1. The van der Waals surface area contributed by atoms with Gasteiger partial charge in [0.05, 0.1) is 30.1 Å². The van der Waals surface area contributed by atoms with Crippen LogP contribution in [0.1, 0.15) is 11.5 Å². The quantitative estimate of drug-likeness (QED) is 0.442. The number of nitrogens with zero attached hydrogens (tertiary/aromatic N) is 5. The fourth-order valence-electron chi connectivity index (χ4n) is 2.94. The molecule has 0 atom stereocenters. The van der Waals surface area contributed by atoms with Crippen molar-refractivity contribution in [1.82, 2.24) is 29.5 Å². The minimum atomic E-state index is -0.114. The van der Waals surface area contributed by atoms with Crippen molar-refractivity contribution in [1.29, 1.82) is 0 Å². The summed E-state index contributed by atoms with van der Waals surface area (Å²) in [5.74, 6) is 1.61. The molecule has 0 unspecified atom stereocenters. The van der Waals surface area contributed by atoms with E-state index in [1.807, 2.05) is 52.4 Å². The molecule has 0 fully saturated rings. The molecule has 8 nitrogen and oxygen atoms in total. The minimum absolute atomic E-state index is 0.114. The Morgan fingerprint density at radius 3 is 2.73 bits per heavy atom. The van der Waals surface area contributed by atoms with Crippen LogP contribution in [0.3, 0.4) is 0 Å². The van der Waals surface area contributed by atoms with E-state index >= 15 is 0 Å². The van der Waals surface area contributed by atoms with Crippen LogP contribution in [-0.2, 0) is 11.3 Å². The van der Waals surface area contributed by atoms with Gasteiger partial charge >= 0.3 is 0 Å². The van der Waals surface area contributed by atoms with E-state index in [0.717, 1.165) is 28.6 Å². The average Bonchev–Trinajstić information content (AvgIpc) is 3.33. The van der Waals surface area contributed by atoms with Crippen LogP contribution in [0.15, 0.2) is 53.9 Å². The molecule has 3 heterocycles. The number of carbonyl (C=O) groups excluding carboxylic acids is 1. The number of nitrogens with one attached hydrogen (secondary N) is 1. The van der Waals surface area contributed by atoms with Gasteiger partial charge in [0.15, 0.2) is 5.16 Å². The predicted octanol–water partition coefficient (Wildman–Crippen LogP) is 3.29. The molecule has 4 rings (SSSR count). The maximum atomic E-state index is 12.3. The summed E-state index contributed by atoms with van der Waals surface area (Å²) in [6.45, 7) is 2.21.